The number of unbranched alkanes of at least 4 members (excludes halogenated alkanes) is 35. The molecule has 0 radical (unpaired) electrons. The fraction of sp³-hybridized carbons (Fsp3) is 0.779. The van der Waals surface area contributed by atoms with Crippen molar-refractivity contribution in [1.29, 1.82) is 0 Å². The Hall–Kier alpha value is -3.15. The molecule has 0 saturated heterocycles. The van der Waals surface area contributed by atoms with Gasteiger partial charge in [0.1, 0.15) is 13.2 Å². The van der Waals surface area contributed by atoms with Gasteiger partial charge in [0.15, 0.2) is 6.10 Å². The molecule has 0 aromatic heterocycles. The van der Waals surface area contributed by atoms with Gasteiger partial charge in [-0.05, 0) is 70.6 Å². The number of rotatable bonds is 58. The van der Waals surface area contributed by atoms with Crippen molar-refractivity contribution in [3.8, 4) is 0 Å². The quantitative estimate of drug-likeness (QED) is 0.0261. The summed E-state index contributed by atoms with van der Waals surface area (Å²) in [5.41, 5.74) is 0. The van der Waals surface area contributed by atoms with Gasteiger partial charge in [-0.3, -0.25) is 14.4 Å². The molecular weight excluding hydrogens is 913 g/mol. The first-order chi connectivity index (χ1) is 36.5. The second kappa shape index (κ2) is 62.4. The lowest BCUT2D eigenvalue weighted by molar-refractivity contribution is -0.167. The second-order valence-corrected chi connectivity index (χ2v) is 21.3. The van der Waals surface area contributed by atoms with E-state index in [9.17, 15) is 14.4 Å². The van der Waals surface area contributed by atoms with Gasteiger partial charge in [0.2, 0.25) is 0 Å². The molecule has 6 heteroatoms. The van der Waals surface area contributed by atoms with Crippen molar-refractivity contribution < 1.29 is 28.6 Å². The minimum absolute atomic E-state index is 0.0715. The summed E-state index contributed by atoms with van der Waals surface area (Å²) >= 11 is 0. The van der Waals surface area contributed by atoms with Crippen LogP contribution in [0.3, 0.4) is 0 Å². The number of carbonyl (C=O) groups excluding carboxylic acids is 3. The van der Waals surface area contributed by atoms with Crippen LogP contribution in [0.1, 0.15) is 323 Å². The van der Waals surface area contributed by atoms with E-state index in [1.165, 1.54) is 186 Å². The molecule has 0 amide bonds. The molecule has 0 saturated carbocycles. The first-order valence-electron chi connectivity index (χ1n) is 31.9. The highest BCUT2D eigenvalue weighted by molar-refractivity contribution is 5.71. The molecule has 0 fully saturated rings. The molecule has 0 spiro atoms. The summed E-state index contributed by atoms with van der Waals surface area (Å²) in [6.45, 7) is 6.54. The van der Waals surface area contributed by atoms with Gasteiger partial charge >= 0.3 is 17.9 Å². The fourth-order valence-electron chi connectivity index (χ4n) is 9.21. The number of carbonyl (C=O) groups is 3. The molecule has 0 aromatic rings. The lowest BCUT2D eigenvalue weighted by Gasteiger charge is -2.18. The van der Waals surface area contributed by atoms with Gasteiger partial charge in [-0.25, -0.2) is 0 Å². The van der Waals surface area contributed by atoms with E-state index in [0.717, 1.165) is 96.3 Å². The fourth-order valence-corrected chi connectivity index (χ4v) is 9.21. The van der Waals surface area contributed by atoms with E-state index in [0.29, 0.717) is 19.3 Å². The van der Waals surface area contributed by atoms with Gasteiger partial charge < -0.3 is 14.2 Å². The van der Waals surface area contributed by atoms with Crippen molar-refractivity contribution in [3.05, 3.63) is 72.9 Å². The van der Waals surface area contributed by atoms with Crippen molar-refractivity contribution in [2.75, 3.05) is 13.2 Å². The maximum absolute atomic E-state index is 12.9. The summed E-state index contributed by atoms with van der Waals surface area (Å²) < 4.78 is 16.9. The number of ether oxygens (including phenoxy) is 3. The third-order valence-corrected chi connectivity index (χ3v) is 14.0. The van der Waals surface area contributed by atoms with Crippen molar-refractivity contribution in [2.24, 2.45) is 0 Å². The second-order valence-electron chi connectivity index (χ2n) is 21.3. The van der Waals surface area contributed by atoms with Crippen molar-refractivity contribution >= 4 is 17.9 Å². The third kappa shape index (κ3) is 59.7. The topological polar surface area (TPSA) is 78.9 Å². The van der Waals surface area contributed by atoms with E-state index in [4.69, 9.17) is 14.2 Å². The highest BCUT2D eigenvalue weighted by atomic mass is 16.6. The Labute approximate surface area is 459 Å². The van der Waals surface area contributed by atoms with Crippen LogP contribution < -0.4 is 0 Å². The zero-order valence-electron chi connectivity index (χ0n) is 49.1. The average Bonchev–Trinajstić information content (AvgIpc) is 3.40. The SMILES string of the molecule is CC/C=C\C/C=C\C/C=C\C/C=C\C/C=C\C/C=C\CCCCCCCCCCCCC(=O)OCC(COC(=O)CCCCCCCCCCC)OC(=O)CCCCCCCCCCCCCCCCCCCC. The van der Waals surface area contributed by atoms with E-state index in [2.05, 4.69) is 93.7 Å². The standard InChI is InChI=1S/C68H120O6/c1-4-7-10-13-16-19-21-23-25-27-29-30-31-32-33-34-35-36-37-38-39-41-42-44-46-49-52-55-58-61-67(70)73-64-65(63-72-66(69)60-57-54-51-48-18-15-12-9-6-3)74-68(71)62-59-56-53-50-47-45-43-40-28-26-24-22-20-17-14-11-8-5-2/h7,10,16,19,23,25,29-30,32-33,35-36,65H,4-6,8-9,11-15,17-18,20-22,24,26-28,31,34,37-64H2,1-3H3/b10-7-,19-16-,25-23-,30-29-,33-32-,36-35-. The highest BCUT2D eigenvalue weighted by Gasteiger charge is 2.19. The van der Waals surface area contributed by atoms with Crippen molar-refractivity contribution in [2.45, 2.75) is 329 Å². The molecular formula is C68H120O6. The minimum Gasteiger partial charge on any atom is -0.462 e. The van der Waals surface area contributed by atoms with Gasteiger partial charge in [0, 0.05) is 19.3 Å². The number of hydrogen-bond donors (Lipinski definition) is 0. The van der Waals surface area contributed by atoms with E-state index < -0.39 is 6.10 Å². The van der Waals surface area contributed by atoms with Crippen molar-refractivity contribution in [1.82, 2.24) is 0 Å². The van der Waals surface area contributed by atoms with Crippen LogP contribution in [0.25, 0.3) is 0 Å². The van der Waals surface area contributed by atoms with Crippen LogP contribution in [-0.4, -0.2) is 37.2 Å². The molecule has 0 N–H and O–H groups in total. The Morgan fingerprint density at radius 3 is 0.824 bits per heavy atom. The zero-order chi connectivity index (χ0) is 53.6. The summed E-state index contributed by atoms with van der Waals surface area (Å²) in [4.78, 5) is 38.2. The van der Waals surface area contributed by atoms with Crippen LogP contribution in [0.4, 0.5) is 0 Å². The summed E-state index contributed by atoms with van der Waals surface area (Å²) in [5.74, 6) is -0.862. The average molecular weight is 1030 g/mol. The van der Waals surface area contributed by atoms with Crippen molar-refractivity contribution in [3.63, 3.8) is 0 Å². The molecule has 0 heterocycles. The Kier molecular flexibility index (Phi) is 59.7. The van der Waals surface area contributed by atoms with Gasteiger partial charge in [-0.1, -0.05) is 306 Å². The first kappa shape index (κ1) is 70.8. The molecule has 0 aliphatic heterocycles. The molecule has 0 rings (SSSR count). The van der Waals surface area contributed by atoms with Crippen LogP contribution in [0.2, 0.25) is 0 Å². The lowest BCUT2D eigenvalue weighted by atomic mass is 10.0. The van der Waals surface area contributed by atoms with E-state index in [-0.39, 0.29) is 31.1 Å². The molecule has 6 nitrogen and oxygen atoms in total. The number of hydrogen-bond acceptors (Lipinski definition) is 6. The third-order valence-electron chi connectivity index (χ3n) is 14.0. The van der Waals surface area contributed by atoms with Crippen LogP contribution in [-0.2, 0) is 28.6 Å². The van der Waals surface area contributed by atoms with Gasteiger partial charge in [-0.2, -0.15) is 0 Å². The van der Waals surface area contributed by atoms with Crippen LogP contribution in [0.5, 0.6) is 0 Å². The largest absolute Gasteiger partial charge is 0.462 e. The number of esters is 3. The Balaban J connectivity index is 4.18. The molecule has 428 valence electrons. The molecule has 1 atom stereocenters. The first-order valence-corrected chi connectivity index (χ1v) is 31.9. The summed E-state index contributed by atoms with van der Waals surface area (Å²) in [7, 11) is 0. The minimum atomic E-state index is -0.772. The zero-order valence-corrected chi connectivity index (χ0v) is 49.1. The van der Waals surface area contributed by atoms with Crippen LogP contribution >= 0.6 is 0 Å². The van der Waals surface area contributed by atoms with Crippen LogP contribution in [0, 0.1) is 0 Å². The number of allylic oxidation sites excluding steroid dienone is 12. The van der Waals surface area contributed by atoms with Gasteiger partial charge in [0.25, 0.3) is 0 Å². The Morgan fingerprint density at radius 1 is 0.284 bits per heavy atom. The molecule has 0 aliphatic carbocycles. The molecule has 0 aliphatic rings. The molecule has 0 aromatic carbocycles. The maximum atomic E-state index is 12.9. The van der Waals surface area contributed by atoms with E-state index in [1.807, 2.05) is 0 Å². The van der Waals surface area contributed by atoms with E-state index in [1.54, 1.807) is 0 Å². The van der Waals surface area contributed by atoms with E-state index >= 15 is 0 Å². The predicted molar refractivity (Wildman–Crippen MR) is 321 cm³/mol. The Morgan fingerprint density at radius 2 is 0.527 bits per heavy atom. The van der Waals surface area contributed by atoms with Gasteiger partial charge in [0.05, 0.1) is 0 Å². The Bertz CT molecular complexity index is 1370. The smallest absolute Gasteiger partial charge is 0.306 e. The monoisotopic (exact) mass is 1030 g/mol. The summed E-state index contributed by atoms with van der Waals surface area (Å²) in [5, 5.41) is 0. The molecule has 74 heavy (non-hydrogen) atoms. The predicted octanol–water partition coefficient (Wildman–Crippen LogP) is 21.7. The van der Waals surface area contributed by atoms with Gasteiger partial charge in [-0.15, -0.1) is 0 Å². The normalized spacial score (nSPS) is 12.5. The molecule has 1 unspecified atom stereocenters. The van der Waals surface area contributed by atoms with Crippen LogP contribution in [0.15, 0.2) is 72.9 Å². The summed E-state index contributed by atoms with van der Waals surface area (Å²) in [6, 6.07) is 0. The maximum Gasteiger partial charge on any atom is 0.306 e. The highest BCUT2D eigenvalue weighted by Crippen LogP contribution is 2.17. The summed E-state index contributed by atoms with van der Waals surface area (Å²) in [6.07, 6.45) is 80.6. The lowest BCUT2D eigenvalue weighted by Crippen LogP contribution is -2.30. The molecule has 0 bridgehead atoms.